The fourth-order valence-corrected chi connectivity index (χ4v) is 4.73. The van der Waals surface area contributed by atoms with Gasteiger partial charge in [0.15, 0.2) is 5.58 Å². The first-order chi connectivity index (χ1) is 13.4. The van der Waals surface area contributed by atoms with Gasteiger partial charge in [-0.25, -0.2) is 4.98 Å². The molecule has 2 atom stereocenters. The third-order valence-corrected chi connectivity index (χ3v) is 5.60. The van der Waals surface area contributed by atoms with Crippen LogP contribution >= 0.6 is 0 Å². The number of benzene rings is 2. The summed E-state index contributed by atoms with van der Waals surface area (Å²) in [5, 5.41) is 3.20. The summed E-state index contributed by atoms with van der Waals surface area (Å²) in [5.74, 6) is 1.10. The van der Waals surface area contributed by atoms with Gasteiger partial charge < -0.3 is 9.73 Å². The molecule has 1 aliphatic rings. The van der Waals surface area contributed by atoms with Gasteiger partial charge >= 0.3 is 0 Å². The summed E-state index contributed by atoms with van der Waals surface area (Å²) in [6.45, 7) is 6.84. The van der Waals surface area contributed by atoms with E-state index in [0.29, 0.717) is 11.8 Å². The average molecular weight is 377 g/mol. The highest BCUT2D eigenvalue weighted by atomic mass is 16.3. The van der Waals surface area contributed by atoms with Gasteiger partial charge in [-0.3, -0.25) is 4.79 Å². The lowest BCUT2D eigenvalue weighted by Gasteiger charge is -2.39. The van der Waals surface area contributed by atoms with Gasteiger partial charge in [0, 0.05) is 6.04 Å². The first-order valence-corrected chi connectivity index (χ1v) is 10.1. The number of hydrogen-bond donors (Lipinski definition) is 1. The maximum atomic E-state index is 12.6. The van der Waals surface area contributed by atoms with Crippen molar-refractivity contribution in [3.05, 3.63) is 54.4 Å². The second-order valence-electron chi connectivity index (χ2n) is 9.01. The van der Waals surface area contributed by atoms with Crippen molar-refractivity contribution >= 4 is 17.0 Å². The highest BCUT2D eigenvalue weighted by Gasteiger charge is 2.32. The van der Waals surface area contributed by atoms with E-state index in [2.05, 4.69) is 43.2 Å². The van der Waals surface area contributed by atoms with E-state index in [-0.39, 0.29) is 23.8 Å². The summed E-state index contributed by atoms with van der Waals surface area (Å²) in [7, 11) is 0. The van der Waals surface area contributed by atoms with Gasteiger partial charge in [-0.2, -0.15) is 0 Å². The van der Waals surface area contributed by atoms with E-state index in [1.54, 1.807) is 0 Å². The van der Waals surface area contributed by atoms with Crippen LogP contribution in [0.3, 0.4) is 0 Å². The molecule has 4 heteroatoms. The molecule has 28 heavy (non-hydrogen) atoms. The lowest BCUT2D eigenvalue weighted by Crippen LogP contribution is -2.43. The number of carbonyl (C=O) groups is 1. The number of nitrogens with zero attached hydrogens (tertiary/aromatic N) is 1. The summed E-state index contributed by atoms with van der Waals surface area (Å²) < 4.78 is 5.81. The van der Waals surface area contributed by atoms with Crippen molar-refractivity contribution in [1.82, 2.24) is 10.3 Å². The molecule has 146 valence electrons. The number of amides is 1. The molecule has 1 saturated carbocycles. The smallest absolute Gasteiger partial charge is 0.229 e. The highest BCUT2D eigenvalue weighted by Crippen LogP contribution is 2.38. The maximum absolute atomic E-state index is 12.6. The molecule has 4 nitrogen and oxygen atoms in total. The van der Waals surface area contributed by atoms with Crippen LogP contribution in [0.2, 0.25) is 0 Å². The molecular weight excluding hydrogens is 348 g/mol. The van der Waals surface area contributed by atoms with Crippen LogP contribution in [-0.4, -0.2) is 16.9 Å². The van der Waals surface area contributed by atoms with E-state index in [1.807, 2.05) is 36.4 Å². The second-order valence-corrected chi connectivity index (χ2v) is 9.01. The lowest BCUT2D eigenvalue weighted by atomic mass is 9.70. The first-order valence-electron chi connectivity index (χ1n) is 10.1. The van der Waals surface area contributed by atoms with Crippen LogP contribution in [0.25, 0.3) is 22.2 Å². The van der Waals surface area contributed by atoms with Crippen molar-refractivity contribution in [2.75, 3.05) is 0 Å². The predicted molar refractivity (Wildman–Crippen MR) is 112 cm³/mol. The topological polar surface area (TPSA) is 55.1 Å². The Bertz CT molecular complexity index is 975. The summed E-state index contributed by atoms with van der Waals surface area (Å²) >= 11 is 0. The Morgan fingerprint density at radius 1 is 1.14 bits per heavy atom. The molecule has 0 bridgehead atoms. The predicted octanol–water partition coefficient (Wildman–Crippen LogP) is 5.37. The molecule has 0 radical (unpaired) electrons. The van der Waals surface area contributed by atoms with Crippen molar-refractivity contribution < 1.29 is 9.21 Å². The maximum Gasteiger partial charge on any atom is 0.229 e. The molecule has 1 fully saturated rings. The minimum absolute atomic E-state index is 0.00950. The normalized spacial score (nSPS) is 21.5. The van der Waals surface area contributed by atoms with Gasteiger partial charge in [-0.15, -0.1) is 0 Å². The summed E-state index contributed by atoms with van der Waals surface area (Å²) in [6.07, 6.45) is 3.47. The van der Waals surface area contributed by atoms with E-state index in [1.165, 1.54) is 6.42 Å². The summed E-state index contributed by atoms with van der Waals surface area (Å²) in [5.41, 5.74) is 4.02. The standard InChI is InChI=1S/C24H28N2O2/c1-16-11-19(15-24(2,3)14-16)25-22(27)13-23-26-20-12-18(9-10-21(20)28-23)17-7-5-4-6-8-17/h4-10,12,16,19H,11,13-15H2,1-3H3,(H,25,27). The molecule has 0 aliphatic heterocycles. The number of rotatable bonds is 4. The van der Waals surface area contributed by atoms with E-state index in [4.69, 9.17) is 4.42 Å². The molecule has 0 saturated heterocycles. The monoisotopic (exact) mass is 376 g/mol. The van der Waals surface area contributed by atoms with Crippen molar-refractivity contribution in [2.45, 2.75) is 52.5 Å². The second kappa shape index (κ2) is 7.42. The van der Waals surface area contributed by atoms with Gasteiger partial charge in [0.25, 0.3) is 0 Å². The Kier molecular flexibility index (Phi) is 4.96. The quantitative estimate of drug-likeness (QED) is 0.666. The molecule has 0 spiro atoms. The van der Waals surface area contributed by atoms with Crippen LogP contribution in [0.15, 0.2) is 52.9 Å². The molecule has 1 aromatic heterocycles. The van der Waals surface area contributed by atoms with E-state index < -0.39 is 0 Å². The number of oxazole rings is 1. The zero-order valence-corrected chi connectivity index (χ0v) is 16.9. The van der Waals surface area contributed by atoms with Crippen molar-refractivity contribution in [2.24, 2.45) is 11.3 Å². The van der Waals surface area contributed by atoms with Crippen LogP contribution in [0, 0.1) is 11.3 Å². The zero-order chi connectivity index (χ0) is 19.7. The van der Waals surface area contributed by atoms with Crippen LogP contribution in [0.4, 0.5) is 0 Å². The van der Waals surface area contributed by atoms with Crippen LogP contribution < -0.4 is 5.32 Å². The van der Waals surface area contributed by atoms with Crippen LogP contribution in [0.5, 0.6) is 0 Å². The summed E-state index contributed by atoms with van der Waals surface area (Å²) in [4.78, 5) is 17.1. The fourth-order valence-electron chi connectivity index (χ4n) is 4.73. The minimum atomic E-state index is -0.00950. The van der Waals surface area contributed by atoms with Crippen LogP contribution in [-0.2, 0) is 11.2 Å². The minimum Gasteiger partial charge on any atom is -0.440 e. The zero-order valence-electron chi connectivity index (χ0n) is 16.9. The van der Waals surface area contributed by atoms with E-state index in [9.17, 15) is 4.79 Å². The van der Waals surface area contributed by atoms with Gasteiger partial charge in [0.05, 0.1) is 0 Å². The highest BCUT2D eigenvalue weighted by molar-refractivity contribution is 5.82. The number of carbonyl (C=O) groups excluding carboxylic acids is 1. The lowest BCUT2D eigenvalue weighted by molar-refractivity contribution is -0.122. The van der Waals surface area contributed by atoms with E-state index >= 15 is 0 Å². The van der Waals surface area contributed by atoms with Crippen molar-refractivity contribution in [3.63, 3.8) is 0 Å². The van der Waals surface area contributed by atoms with Gasteiger partial charge in [-0.05, 0) is 53.9 Å². The fraction of sp³-hybridized carbons (Fsp3) is 0.417. The van der Waals surface area contributed by atoms with Gasteiger partial charge in [0.1, 0.15) is 11.9 Å². The average Bonchev–Trinajstić information content (AvgIpc) is 3.01. The van der Waals surface area contributed by atoms with Gasteiger partial charge in [-0.1, -0.05) is 57.2 Å². The molecule has 3 aromatic rings. The number of aromatic nitrogens is 1. The van der Waals surface area contributed by atoms with Crippen molar-refractivity contribution in [3.8, 4) is 11.1 Å². The molecule has 2 aromatic carbocycles. The third kappa shape index (κ3) is 4.27. The van der Waals surface area contributed by atoms with E-state index in [0.717, 1.165) is 35.1 Å². The molecular formula is C24H28N2O2. The first kappa shape index (κ1) is 18.7. The van der Waals surface area contributed by atoms with Crippen molar-refractivity contribution in [1.29, 1.82) is 0 Å². The van der Waals surface area contributed by atoms with Crippen LogP contribution in [0.1, 0.15) is 45.9 Å². The molecule has 1 heterocycles. The Morgan fingerprint density at radius 3 is 2.68 bits per heavy atom. The Balaban J connectivity index is 1.45. The molecule has 1 amide bonds. The number of hydrogen-bond acceptors (Lipinski definition) is 3. The Hall–Kier alpha value is -2.62. The Morgan fingerprint density at radius 2 is 1.93 bits per heavy atom. The molecule has 1 aliphatic carbocycles. The van der Waals surface area contributed by atoms with Gasteiger partial charge in [0.2, 0.25) is 11.8 Å². The molecule has 4 rings (SSSR count). The SMILES string of the molecule is CC1CC(NC(=O)Cc2nc3cc(-c4ccccc4)ccc3o2)CC(C)(C)C1. The summed E-state index contributed by atoms with van der Waals surface area (Å²) in [6, 6.07) is 16.4. The Labute approximate surface area is 166 Å². The third-order valence-electron chi connectivity index (χ3n) is 5.60. The number of nitrogens with one attached hydrogen (secondary N) is 1. The molecule has 2 unspecified atom stereocenters. The number of fused-ring (bicyclic) bond motifs is 1. The largest absolute Gasteiger partial charge is 0.440 e. The molecule has 1 N–H and O–H groups in total.